The average molecular weight is 280 g/mol. The molecule has 1 amide bonds. The van der Waals surface area contributed by atoms with Gasteiger partial charge < -0.3 is 4.90 Å². The molecule has 2 rings (SSSR count). The topological polar surface area (TPSA) is 32.3 Å². The predicted molar refractivity (Wildman–Crippen MR) is 81.8 cm³/mol. The summed E-state index contributed by atoms with van der Waals surface area (Å²) in [4.78, 5) is 13.4. The van der Waals surface area contributed by atoms with Crippen molar-refractivity contribution in [1.29, 1.82) is 0 Å². The number of carbonyl (C=O) groups excluding carboxylic acids is 1. The second-order valence-corrected chi connectivity index (χ2v) is 6.49. The third-order valence-electron chi connectivity index (χ3n) is 4.07. The Labute approximate surface area is 120 Å². The van der Waals surface area contributed by atoms with Gasteiger partial charge in [0.25, 0.3) is 0 Å². The van der Waals surface area contributed by atoms with Crippen LogP contribution in [-0.4, -0.2) is 35.2 Å². The van der Waals surface area contributed by atoms with E-state index in [1.165, 1.54) is 12.8 Å². The molecule has 0 aromatic rings. The molecule has 4 heteroatoms. The van der Waals surface area contributed by atoms with Gasteiger partial charge in [-0.15, -0.1) is 6.58 Å². The van der Waals surface area contributed by atoms with Crippen molar-refractivity contribution in [2.75, 3.05) is 6.54 Å². The fraction of sp³-hybridized carbons (Fsp3) is 0.667. The van der Waals surface area contributed by atoms with Gasteiger partial charge in [0, 0.05) is 29.8 Å². The second-order valence-electron chi connectivity index (χ2n) is 5.47. The van der Waals surface area contributed by atoms with Crippen molar-refractivity contribution in [3.05, 3.63) is 24.8 Å². The van der Waals surface area contributed by atoms with E-state index in [1.807, 2.05) is 11.0 Å². The molecule has 0 radical (unpaired) electrons. The van der Waals surface area contributed by atoms with Crippen LogP contribution in [0.15, 0.2) is 24.8 Å². The number of hydrogen-bond acceptors (Lipinski definition) is 3. The minimum atomic E-state index is 0.274. The van der Waals surface area contributed by atoms with E-state index in [9.17, 15) is 4.79 Å². The standard InChI is InChI=1S/C15H24N2OS/c1-3-13(15-12(2)16-19-15)10-17(11-18)14-8-6-4-5-7-9-14/h3,6,8,11-16H,1,4-5,7,9-10H2,2H3. The highest BCUT2D eigenvalue weighted by Gasteiger charge is 2.34. The predicted octanol–water partition coefficient (Wildman–Crippen LogP) is 2.75. The van der Waals surface area contributed by atoms with Crippen LogP contribution >= 0.6 is 11.9 Å². The molecule has 1 fully saturated rings. The first-order chi connectivity index (χ1) is 9.26. The fourth-order valence-corrected chi connectivity index (χ4v) is 3.73. The smallest absolute Gasteiger partial charge is 0.210 e. The van der Waals surface area contributed by atoms with E-state index in [-0.39, 0.29) is 6.04 Å². The van der Waals surface area contributed by atoms with Crippen LogP contribution in [0.4, 0.5) is 0 Å². The van der Waals surface area contributed by atoms with E-state index >= 15 is 0 Å². The van der Waals surface area contributed by atoms with Crippen molar-refractivity contribution < 1.29 is 4.79 Å². The minimum Gasteiger partial charge on any atom is -0.338 e. The lowest BCUT2D eigenvalue weighted by atomic mass is 9.98. The van der Waals surface area contributed by atoms with E-state index in [0.29, 0.717) is 17.2 Å². The van der Waals surface area contributed by atoms with Crippen molar-refractivity contribution in [2.45, 2.75) is 49.9 Å². The van der Waals surface area contributed by atoms with Crippen molar-refractivity contribution in [2.24, 2.45) is 5.92 Å². The van der Waals surface area contributed by atoms with Crippen LogP contribution in [0, 0.1) is 5.92 Å². The van der Waals surface area contributed by atoms with Crippen LogP contribution in [0.25, 0.3) is 0 Å². The third kappa shape index (κ3) is 3.63. The molecule has 1 heterocycles. The molecule has 2 aliphatic rings. The molecule has 0 saturated carbocycles. The number of nitrogens with zero attached hydrogens (tertiary/aromatic N) is 1. The maximum atomic E-state index is 11.4. The molecule has 0 aromatic carbocycles. The van der Waals surface area contributed by atoms with Gasteiger partial charge in [0.2, 0.25) is 6.41 Å². The number of carbonyl (C=O) groups is 1. The summed E-state index contributed by atoms with van der Waals surface area (Å²) in [5.74, 6) is 0.364. The van der Waals surface area contributed by atoms with Crippen molar-refractivity contribution in [1.82, 2.24) is 9.62 Å². The zero-order chi connectivity index (χ0) is 13.7. The summed E-state index contributed by atoms with van der Waals surface area (Å²) in [6.07, 6.45) is 12.1. The molecule has 1 saturated heterocycles. The molecule has 0 spiro atoms. The Kier molecular flexibility index (Phi) is 5.52. The highest BCUT2D eigenvalue weighted by molar-refractivity contribution is 7.99. The van der Waals surface area contributed by atoms with E-state index in [2.05, 4.69) is 30.4 Å². The molecule has 1 N–H and O–H groups in total. The van der Waals surface area contributed by atoms with Crippen LogP contribution in [0.5, 0.6) is 0 Å². The molecule has 3 nitrogen and oxygen atoms in total. The molecule has 106 valence electrons. The molecular formula is C15H24N2OS. The quantitative estimate of drug-likeness (QED) is 0.461. The van der Waals surface area contributed by atoms with E-state index in [4.69, 9.17) is 0 Å². The van der Waals surface area contributed by atoms with Gasteiger partial charge in [0.1, 0.15) is 0 Å². The van der Waals surface area contributed by atoms with E-state index in [1.54, 1.807) is 11.9 Å². The maximum Gasteiger partial charge on any atom is 0.210 e. The Morgan fingerprint density at radius 2 is 2.42 bits per heavy atom. The van der Waals surface area contributed by atoms with Crippen LogP contribution in [0.3, 0.4) is 0 Å². The second kappa shape index (κ2) is 7.15. The maximum absolute atomic E-state index is 11.4. The molecule has 1 aliphatic carbocycles. The lowest BCUT2D eigenvalue weighted by Gasteiger charge is -2.40. The first-order valence-corrected chi connectivity index (χ1v) is 8.05. The Morgan fingerprint density at radius 1 is 1.58 bits per heavy atom. The Balaban J connectivity index is 1.96. The lowest BCUT2D eigenvalue weighted by Crippen LogP contribution is -2.51. The molecule has 1 aliphatic heterocycles. The highest BCUT2D eigenvalue weighted by atomic mass is 32.2. The Bertz CT molecular complexity index is 345. The molecule has 4 atom stereocenters. The van der Waals surface area contributed by atoms with E-state index < -0.39 is 0 Å². The zero-order valence-corrected chi connectivity index (χ0v) is 12.4. The molecule has 0 bridgehead atoms. The zero-order valence-electron chi connectivity index (χ0n) is 11.6. The molecule has 19 heavy (non-hydrogen) atoms. The van der Waals surface area contributed by atoms with Gasteiger partial charge in [-0.1, -0.05) is 36.6 Å². The monoisotopic (exact) mass is 280 g/mol. The summed E-state index contributed by atoms with van der Waals surface area (Å²) in [5, 5.41) is 0.537. The van der Waals surface area contributed by atoms with Crippen LogP contribution in [0.1, 0.15) is 32.6 Å². The van der Waals surface area contributed by atoms with Gasteiger partial charge in [-0.3, -0.25) is 9.52 Å². The van der Waals surface area contributed by atoms with Gasteiger partial charge >= 0.3 is 0 Å². The van der Waals surface area contributed by atoms with Gasteiger partial charge in [-0.2, -0.15) is 0 Å². The third-order valence-corrected chi connectivity index (χ3v) is 5.61. The van der Waals surface area contributed by atoms with Crippen molar-refractivity contribution >= 4 is 18.4 Å². The number of allylic oxidation sites excluding steroid dienone is 1. The van der Waals surface area contributed by atoms with Gasteiger partial charge in [0.15, 0.2) is 0 Å². The Morgan fingerprint density at radius 3 is 3.00 bits per heavy atom. The van der Waals surface area contributed by atoms with Gasteiger partial charge in [-0.25, -0.2) is 0 Å². The lowest BCUT2D eigenvalue weighted by molar-refractivity contribution is -0.120. The summed E-state index contributed by atoms with van der Waals surface area (Å²) in [6.45, 7) is 6.92. The molecule has 0 aromatic heterocycles. The summed E-state index contributed by atoms with van der Waals surface area (Å²) in [7, 11) is 0. The van der Waals surface area contributed by atoms with Crippen molar-refractivity contribution in [3.63, 3.8) is 0 Å². The minimum absolute atomic E-state index is 0.274. The fourth-order valence-electron chi connectivity index (χ4n) is 2.80. The Hall–Kier alpha value is -0.740. The van der Waals surface area contributed by atoms with Crippen LogP contribution in [-0.2, 0) is 4.79 Å². The average Bonchev–Trinajstić information content (AvgIpc) is 2.70. The number of rotatable bonds is 6. The van der Waals surface area contributed by atoms with Crippen LogP contribution < -0.4 is 4.72 Å². The van der Waals surface area contributed by atoms with E-state index in [0.717, 1.165) is 25.8 Å². The number of hydrogen-bond donors (Lipinski definition) is 1. The molecular weight excluding hydrogens is 256 g/mol. The summed E-state index contributed by atoms with van der Waals surface area (Å²) >= 11 is 1.77. The summed E-state index contributed by atoms with van der Waals surface area (Å²) < 4.78 is 3.30. The van der Waals surface area contributed by atoms with Gasteiger partial charge in [-0.05, 0) is 26.2 Å². The van der Waals surface area contributed by atoms with Crippen LogP contribution in [0.2, 0.25) is 0 Å². The summed E-state index contributed by atoms with van der Waals surface area (Å²) in [5.41, 5.74) is 0. The molecule has 4 unspecified atom stereocenters. The first kappa shape index (κ1) is 14.7. The van der Waals surface area contributed by atoms with Crippen molar-refractivity contribution in [3.8, 4) is 0 Å². The summed E-state index contributed by atoms with van der Waals surface area (Å²) in [6, 6.07) is 0.780. The number of nitrogens with one attached hydrogen (secondary N) is 1. The van der Waals surface area contributed by atoms with Gasteiger partial charge in [0.05, 0.1) is 0 Å². The SMILES string of the molecule is C=CC(CN(C=O)C1C=CCCCC1)C1SNC1C. The largest absolute Gasteiger partial charge is 0.338 e. The first-order valence-electron chi connectivity index (χ1n) is 7.17. The number of amides is 1. The highest BCUT2D eigenvalue weighted by Crippen LogP contribution is 2.32. The normalized spacial score (nSPS) is 31.9.